The largest absolute Gasteiger partial charge is 0.409 e. The van der Waals surface area contributed by atoms with Crippen LogP contribution in [0.25, 0.3) is 0 Å². The minimum absolute atomic E-state index is 0.126. The van der Waals surface area contributed by atoms with E-state index >= 15 is 0 Å². The van der Waals surface area contributed by atoms with Gasteiger partial charge in [0.2, 0.25) is 0 Å². The van der Waals surface area contributed by atoms with Gasteiger partial charge in [0.05, 0.1) is 13.2 Å². The lowest BCUT2D eigenvalue weighted by atomic mass is 10.1. The van der Waals surface area contributed by atoms with E-state index in [1.807, 2.05) is 17.5 Å². The molecule has 0 amide bonds. The summed E-state index contributed by atoms with van der Waals surface area (Å²) in [6.45, 7) is 0.744. The number of rotatable bonds is 5. The molecule has 0 saturated heterocycles. The standard InChI is InChI=1S/C13H13FN2O2S/c14-11-5-9(4-10(6-11)13(15)16-17)7-18-8-12-2-1-3-19-12/h1-6,17H,7-8H2,(H2,15,16). The average molecular weight is 280 g/mol. The zero-order chi connectivity index (χ0) is 13.7. The molecule has 1 aromatic heterocycles. The molecule has 0 aliphatic rings. The highest BCUT2D eigenvalue weighted by Gasteiger charge is 2.05. The molecule has 3 N–H and O–H groups in total. The summed E-state index contributed by atoms with van der Waals surface area (Å²) >= 11 is 1.60. The lowest BCUT2D eigenvalue weighted by Crippen LogP contribution is -2.13. The van der Waals surface area contributed by atoms with E-state index in [2.05, 4.69) is 5.16 Å². The molecule has 4 nitrogen and oxygen atoms in total. The van der Waals surface area contributed by atoms with Crippen molar-refractivity contribution >= 4 is 17.2 Å². The van der Waals surface area contributed by atoms with E-state index in [-0.39, 0.29) is 12.4 Å². The van der Waals surface area contributed by atoms with Crippen LogP contribution in [0.4, 0.5) is 4.39 Å². The van der Waals surface area contributed by atoms with E-state index in [9.17, 15) is 4.39 Å². The number of halogens is 1. The van der Waals surface area contributed by atoms with Crippen molar-refractivity contribution < 1.29 is 14.3 Å². The lowest BCUT2D eigenvalue weighted by molar-refractivity contribution is 0.109. The lowest BCUT2D eigenvalue weighted by Gasteiger charge is -2.06. The second-order valence-corrected chi connectivity index (χ2v) is 4.94. The second-order valence-electron chi connectivity index (χ2n) is 3.91. The van der Waals surface area contributed by atoms with Crippen molar-refractivity contribution in [3.05, 3.63) is 57.5 Å². The molecule has 0 aliphatic heterocycles. The summed E-state index contributed by atoms with van der Waals surface area (Å²) in [5, 5.41) is 13.4. The third kappa shape index (κ3) is 3.77. The van der Waals surface area contributed by atoms with Gasteiger partial charge in [-0.25, -0.2) is 4.39 Å². The van der Waals surface area contributed by atoms with Crippen LogP contribution >= 0.6 is 11.3 Å². The highest BCUT2D eigenvalue weighted by Crippen LogP contribution is 2.13. The maximum Gasteiger partial charge on any atom is 0.170 e. The van der Waals surface area contributed by atoms with Gasteiger partial charge in [0.25, 0.3) is 0 Å². The Morgan fingerprint density at radius 2 is 2.21 bits per heavy atom. The van der Waals surface area contributed by atoms with Crippen molar-refractivity contribution in [2.24, 2.45) is 10.9 Å². The fraction of sp³-hybridized carbons (Fsp3) is 0.154. The first-order chi connectivity index (χ1) is 9.19. The monoisotopic (exact) mass is 280 g/mol. The number of hydrogen-bond donors (Lipinski definition) is 2. The predicted octanol–water partition coefficient (Wildman–Crippen LogP) is 2.70. The number of nitrogens with two attached hydrogens (primary N) is 1. The van der Waals surface area contributed by atoms with Gasteiger partial charge in [0, 0.05) is 10.4 Å². The first-order valence-corrected chi connectivity index (χ1v) is 6.44. The summed E-state index contributed by atoms with van der Waals surface area (Å²) in [4.78, 5) is 1.10. The van der Waals surface area contributed by atoms with Crippen LogP contribution in [0.1, 0.15) is 16.0 Å². The van der Waals surface area contributed by atoms with Crippen molar-refractivity contribution in [2.75, 3.05) is 0 Å². The third-order valence-corrected chi connectivity index (χ3v) is 3.30. The van der Waals surface area contributed by atoms with Gasteiger partial charge in [-0.15, -0.1) is 11.3 Å². The van der Waals surface area contributed by atoms with Gasteiger partial charge in [-0.2, -0.15) is 0 Å². The highest BCUT2D eigenvalue weighted by molar-refractivity contribution is 7.09. The van der Waals surface area contributed by atoms with Crippen LogP contribution in [0.2, 0.25) is 0 Å². The number of benzene rings is 1. The maximum absolute atomic E-state index is 13.4. The Morgan fingerprint density at radius 3 is 2.89 bits per heavy atom. The fourth-order valence-corrected chi connectivity index (χ4v) is 2.24. The molecule has 0 unspecified atom stereocenters. The molecule has 100 valence electrons. The minimum atomic E-state index is -0.446. The Bertz CT molecular complexity index is 570. The molecule has 19 heavy (non-hydrogen) atoms. The number of hydrogen-bond acceptors (Lipinski definition) is 4. The third-order valence-electron chi connectivity index (χ3n) is 2.45. The first-order valence-electron chi connectivity index (χ1n) is 5.56. The van der Waals surface area contributed by atoms with Crippen LogP contribution in [0.15, 0.2) is 40.9 Å². The van der Waals surface area contributed by atoms with E-state index in [0.29, 0.717) is 17.7 Å². The molecule has 0 radical (unpaired) electrons. The smallest absolute Gasteiger partial charge is 0.170 e. The predicted molar refractivity (Wildman–Crippen MR) is 71.7 cm³/mol. The molecule has 0 saturated carbocycles. The molecule has 2 aromatic rings. The van der Waals surface area contributed by atoms with Crippen LogP contribution in [-0.2, 0) is 18.0 Å². The molecule has 0 bridgehead atoms. The summed E-state index contributed by atoms with van der Waals surface area (Å²) in [7, 11) is 0. The van der Waals surface area contributed by atoms with Gasteiger partial charge in [-0.1, -0.05) is 11.2 Å². The molecule has 0 spiro atoms. The number of oxime groups is 1. The molecule has 0 atom stereocenters. The first kappa shape index (κ1) is 13.5. The molecule has 1 aromatic carbocycles. The second kappa shape index (κ2) is 6.31. The SMILES string of the molecule is N/C(=N/O)c1cc(F)cc(COCc2cccs2)c1. The molecule has 0 aliphatic carbocycles. The molecular weight excluding hydrogens is 267 g/mol. The van der Waals surface area contributed by atoms with Gasteiger partial charge in [-0.3, -0.25) is 0 Å². The number of amidine groups is 1. The number of nitrogens with zero attached hydrogens (tertiary/aromatic N) is 1. The van der Waals surface area contributed by atoms with Gasteiger partial charge in [0.15, 0.2) is 5.84 Å². The van der Waals surface area contributed by atoms with Crippen LogP contribution in [-0.4, -0.2) is 11.0 Å². The summed E-state index contributed by atoms with van der Waals surface area (Å²) in [5.74, 6) is -0.571. The maximum atomic E-state index is 13.4. The van der Waals surface area contributed by atoms with Gasteiger partial charge in [0.1, 0.15) is 5.82 Å². The average Bonchev–Trinajstić information content (AvgIpc) is 2.90. The van der Waals surface area contributed by atoms with E-state index < -0.39 is 5.82 Å². The Hall–Kier alpha value is -1.92. The Morgan fingerprint density at radius 1 is 1.37 bits per heavy atom. The summed E-state index contributed by atoms with van der Waals surface area (Å²) in [5.41, 5.74) is 6.40. The quantitative estimate of drug-likeness (QED) is 0.383. The van der Waals surface area contributed by atoms with Crippen LogP contribution in [0.3, 0.4) is 0 Å². The van der Waals surface area contributed by atoms with E-state index in [1.165, 1.54) is 12.1 Å². The Labute approximate surface area is 113 Å². The number of thiophene rings is 1. The van der Waals surface area contributed by atoms with E-state index in [4.69, 9.17) is 15.7 Å². The molecule has 2 rings (SSSR count). The summed E-state index contributed by atoms with van der Waals surface area (Å²) in [6.07, 6.45) is 0. The van der Waals surface area contributed by atoms with Gasteiger partial charge >= 0.3 is 0 Å². The molecule has 0 fully saturated rings. The topological polar surface area (TPSA) is 67.8 Å². The zero-order valence-electron chi connectivity index (χ0n) is 10.0. The van der Waals surface area contributed by atoms with Crippen molar-refractivity contribution in [1.29, 1.82) is 0 Å². The van der Waals surface area contributed by atoms with Crippen molar-refractivity contribution in [1.82, 2.24) is 0 Å². The van der Waals surface area contributed by atoms with Crippen molar-refractivity contribution in [3.8, 4) is 0 Å². The fourth-order valence-electron chi connectivity index (χ4n) is 1.60. The van der Waals surface area contributed by atoms with Gasteiger partial charge in [-0.05, 0) is 35.2 Å². The Balaban J connectivity index is 2.02. The zero-order valence-corrected chi connectivity index (χ0v) is 10.9. The van der Waals surface area contributed by atoms with Crippen LogP contribution in [0.5, 0.6) is 0 Å². The van der Waals surface area contributed by atoms with Crippen molar-refractivity contribution in [3.63, 3.8) is 0 Å². The highest BCUT2D eigenvalue weighted by atomic mass is 32.1. The minimum Gasteiger partial charge on any atom is -0.409 e. The number of ether oxygens (including phenoxy) is 1. The van der Waals surface area contributed by atoms with Crippen LogP contribution in [0, 0.1) is 5.82 Å². The van der Waals surface area contributed by atoms with Crippen molar-refractivity contribution in [2.45, 2.75) is 13.2 Å². The normalized spacial score (nSPS) is 11.7. The molecular formula is C13H13FN2O2S. The van der Waals surface area contributed by atoms with E-state index in [1.54, 1.807) is 17.4 Å². The summed E-state index contributed by atoms with van der Waals surface area (Å²) in [6, 6.07) is 8.12. The summed E-state index contributed by atoms with van der Waals surface area (Å²) < 4.78 is 18.9. The molecule has 6 heteroatoms. The Kier molecular flexibility index (Phi) is 4.48. The molecule has 1 heterocycles. The van der Waals surface area contributed by atoms with Gasteiger partial charge < -0.3 is 15.7 Å². The van der Waals surface area contributed by atoms with Crippen LogP contribution < -0.4 is 5.73 Å². The van der Waals surface area contributed by atoms with E-state index in [0.717, 1.165) is 4.88 Å².